The highest BCUT2D eigenvalue weighted by Gasteiger charge is 2.40. The van der Waals surface area contributed by atoms with Crippen molar-refractivity contribution in [2.24, 2.45) is 11.3 Å². The first-order chi connectivity index (χ1) is 9.72. The van der Waals surface area contributed by atoms with E-state index in [9.17, 15) is 4.79 Å². The van der Waals surface area contributed by atoms with Crippen LogP contribution in [0.15, 0.2) is 0 Å². The van der Waals surface area contributed by atoms with Crippen LogP contribution in [0.5, 0.6) is 0 Å². The Kier molecular flexibility index (Phi) is 5.96. The largest absolute Gasteiger partial charge is 0.354 e. The Morgan fingerprint density at radius 2 is 2.00 bits per heavy atom. The smallest absolute Gasteiger partial charge is 0.237 e. The number of halogens is 1. The van der Waals surface area contributed by atoms with Crippen LogP contribution in [0.3, 0.4) is 0 Å². The van der Waals surface area contributed by atoms with Gasteiger partial charge in [-0.15, -0.1) is 12.4 Å². The summed E-state index contributed by atoms with van der Waals surface area (Å²) in [5.74, 6) is 1.02. The van der Waals surface area contributed by atoms with Gasteiger partial charge in [-0.3, -0.25) is 4.79 Å². The zero-order chi connectivity index (χ0) is 14.0. The van der Waals surface area contributed by atoms with Crippen LogP contribution in [-0.2, 0) is 4.79 Å². The summed E-state index contributed by atoms with van der Waals surface area (Å²) in [5, 5.41) is 6.85. The molecule has 1 saturated heterocycles. The lowest BCUT2D eigenvalue weighted by atomic mass is 9.66. The predicted molar refractivity (Wildman–Crippen MR) is 88.7 cm³/mol. The van der Waals surface area contributed by atoms with Crippen molar-refractivity contribution in [3.8, 4) is 0 Å². The first-order valence-corrected chi connectivity index (χ1v) is 8.76. The van der Waals surface area contributed by atoms with E-state index in [0.717, 1.165) is 18.9 Å². The predicted octanol–water partition coefficient (Wildman–Crippen LogP) is 3.42. The van der Waals surface area contributed by atoms with Crippen molar-refractivity contribution < 1.29 is 4.79 Å². The molecule has 0 radical (unpaired) electrons. The Morgan fingerprint density at radius 3 is 2.62 bits per heavy atom. The van der Waals surface area contributed by atoms with Crippen LogP contribution in [0.4, 0.5) is 0 Å². The summed E-state index contributed by atoms with van der Waals surface area (Å²) < 4.78 is 0. The van der Waals surface area contributed by atoms with Crippen molar-refractivity contribution in [1.29, 1.82) is 0 Å². The van der Waals surface area contributed by atoms with Crippen molar-refractivity contribution in [1.82, 2.24) is 10.6 Å². The van der Waals surface area contributed by atoms with Crippen LogP contribution in [-0.4, -0.2) is 24.5 Å². The molecular formula is C17H31ClN2O. The zero-order valence-corrected chi connectivity index (χ0v) is 14.1. The van der Waals surface area contributed by atoms with Gasteiger partial charge in [-0.25, -0.2) is 0 Å². The number of fused-ring (bicyclic) bond motifs is 1. The molecule has 0 aromatic rings. The van der Waals surface area contributed by atoms with Gasteiger partial charge < -0.3 is 10.6 Å². The molecule has 0 spiro atoms. The van der Waals surface area contributed by atoms with Crippen molar-refractivity contribution >= 4 is 18.3 Å². The van der Waals surface area contributed by atoms with Crippen LogP contribution < -0.4 is 10.6 Å². The normalized spacial score (nSPS) is 33.5. The molecule has 3 nitrogen and oxygen atoms in total. The molecule has 0 aromatic heterocycles. The third-order valence-electron chi connectivity index (χ3n) is 6.01. The fourth-order valence-corrected chi connectivity index (χ4v) is 4.64. The van der Waals surface area contributed by atoms with Gasteiger partial charge in [0.1, 0.15) is 0 Å². The van der Waals surface area contributed by atoms with Gasteiger partial charge in [0.25, 0.3) is 0 Å². The van der Waals surface area contributed by atoms with Gasteiger partial charge in [0, 0.05) is 12.6 Å². The Labute approximate surface area is 135 Å². The van der Waals surface area contributed by atoms with E-state index in [-0.39, 0.29) is 24.4 Å². The van der Waals surface area contributed by atoms with Crippen molar-refractivity contribution in [2.75, 3.05) is 6.54 Å². The summed E-state index contributed by atoms with van der Waals surface area (Å²) in [6, 6.07) is 0.703. The van der Waals surface area contributed by atoms with E-state index in [0.29, 0.717) is 11.5 Å². The fraction of sp³-hybridized carbons (Fsp3) is 0.941. The van der Waals surface area contributed by atoms with E-state index in [1.165, 1.54) is 57.8 Å². The molecule has 1 aliphatic heterocycles. The molecule has 1 amide bonds. The van der Waals surface area contributed by atoms with E-state index >= 15 is 0 Å². The van der Waals surface area contributed by atoms with Gasteiger partial charge in [0.05, 0.1) is 6.04 Å². The lowest BCUT2D eigenvalue weighted by Crippen LogP contribution is -2.48. The quantitative estimate of drug-likeness (QED) is 0.816. The second kappa shape index (κ2) is 7.32. The Morgan fingerprint density at radius 1 is 1.24 bits per heavy atom. The molecule has 3 unspecified atom stereocenters. The summed E-state index contributed by atoms with van der Waals surface area (Å²) in [7, 11) is 0. The number of hydrogen-bond donors (Lipinski definition) is 2. The Bertz CT molecular complexity index is 343. The minimum Gasteiger partial charge on any atom is -0.354 e. The fourth-order valence-electron chi connectivity index (χ4n) is 4.64. The number of amides is 1. The summed E-state index contributed by atoms with van der Waals surface area (Å²) in [4.78, 5) is 12.4. The number of carbonyl (C=O) groups excluding carboxylic acids is 1. The molecule has 1 heterocycles. The van der Waals surface area contributed by atoms with Crippen LogP contribution in [0.2, 0.25) is 0 Å². The highest BCUT2D eigenvalue weighted by Crippen LogP contribution is 2.44. The first kappa shape index (κ1) is 17.1. The van der Waals surface area contributed by atoms with Gasteiger partial charge in [0.15, 0.2) is 0 Å². The van der Waals surface area contributed by atoms with E-state index in [4.69, 9.17) is 0 Å². The van der Waals surface area contributed by atoms with Crippen molar-refractivity contribution in [3.63, 3.8) is 0 Å². The SMILES string of the molecule is CCCC1(CNC(=O)C2CC3CCCCC3N2)CCC1.Cl. The average Bonchev–Trinajstić information content (AvgIpc) is 2.85. The molecule has 3 aliphatic rings. The lowest BCUT2D eigenvalue weighted by Gasteiger charge is -2.42. The maximum absolute atomic E-state index is 12.4. The van der Waals surface area contributed by atoms with Gasteiger partial charge >= 0.3 is 0 Å². The van der Waals surface area contributed by atoms with Crippen LogP contribution >= 0.6 is 12.4 Å². The standard InChI is InChI=1S/C17H30N2O.ClH/c1-2-8-17(9-5-10-17)12-18-16(20)15-11-13-6-3-4-7-14(13)19-15;/h13-15,19H,2-12H2,1H3,(H,18,20);1H. The van der Waals surface area contributed by atoms with Crippen LogP contribution in [0.1, 0.15) is 71.1 Å². The molecule has 3 atom stereocenters. The molecule has 4 heteroatoms. The van der Waals surface area contributed by atoms with Gasteiger partial charge in [-0.05, 0) is 49.9 Å². The van der Waals surface area contributed by atoms with E-state index in [2.05, 4.69) is 17.6 Å². The molecule has 3 rings (SSSR count). The molecule has 2 saturated carbocycles. The van der Waals surface area contributed by atoms with Crippen LogP contribution in [0, 0.1) is 11.3 Å². The summed E-state index contributed by atoms with van der Waals surface area (Å²) >= 11 is 0. The summed E-state index contributed by atoms with van der Waals surface area (Å²) in [5.41, 5.74) is 0.440. The van der Waals surface area contributed by atoms with Gasteiger partial charge in [0.2, 0.25) is 5.91 Å². The molecule has 2 N–H and O–H groups in total. The molecule has 21 heavy (non-hydrogen) atoms. The van der Waals surface area contributed by atoms with E-state index in [1.807, 2.05) is 0 Å². The third-order valence-corrected chi connectivity index (χ3v) is 6.01. The topological polar surface area (TPSA) is 41.1 Å². The monoisotopic (exact) mass is 314 g/mol. The maximum atomic E-state index is 12.4. The van der Waals surface area contributed by atoms with E-state index < -0.39 is 0 Å². The maximum Gasteiger partial charge on any atom is 0.237 e. The van der Waals surface area contributed by atoms with E-state index in [1.54, 1.807) is 0 Å². The molecule has 122 valence electrons. The van der Waals surface area contributed by atoms with Crippen molar-refractivity contribution in [3.05, 3.63) is 0 Å². The second-order valence-corrected chi connectivity index (χ2v) is 7.43. The Balaban J connectivity index is 0.00000161. The molecular weight excluding hydrogens is 284 g/mol. The molecule has 0 bridgehead atoms. The zero-order valence-electron chi connectivity index (χ0n) is 13.3. The minimum absolute atomic E-state index is 0. The molecule has 0 aromatic carbocycles. The van der Waals surface area contributed by atoms with Crippen molar-refractivity contribution in [2.45, 2.75) is 83.2 Å². The number of rotatable bonds is 5. The Hall–Kier alpha value is -0.280. The average molecular weight is 315 g/mol. The summed E-state index contributed by atoms with van der Waals surface area (Å²) in [6.45, 7) is 3.16. The van der Waals surface area contributed by atoms with Crippen LogP contribution in [0.25, 0.3) is 0 Å². The second-order valence-electron chi connectivity index (χ2n) is 7.43. The highest BCUT2D eigenvalue weighted by atomic mass is 35.5. The number of carbonyl (C=O) groups is 1. The van der Waals surface area contributed by atoms with Gasteiger partial charge in [-0.1, -0.05) is 32.6 Å². The van der Waals surface area contributed by atoms with Gasteiger partial charge in [-0.2, -0.15) is 0 Å². The molecule has 2 aliphatic carbocycles. The number of nitrogens with one attached hydrogen (secondary N) is 2. The summed E-state index contributed by atoms with van der Waals surface area (Å²) in [6.07, 6.45) is 12.8. The highest BCUT2D eigenvalue weighted by molar-refractivity contribution is 5.85. The lowest BCUT2D eigenvalue weighted by molar-refractivity contribution is -0.123. The number of hydrogen-bond acceptors (Lipinski definition) is 2. The minimum atomic E-state index is 0. The third kappa shape index (κ3) is 3.73. The molecule has 3 fully saturated rings. The first-order valence-electron chi connectivity index (χ1n) is 8.76.